The number of hydrogen-bond donors (Lipinski definition) is 2. The number of carbonyl (C=O) groups excluding carboxylic acids is 1. The predicted molar refractivity (Wildman–Crippen MR) is 54.0 cm³/mol. The number of nitrogens with one attached hydrogen (secondary N) is 1. The van der Waals surface area contributed by atoms with Gasteiger partial charge in [-0.1, -0.05) is 12.1 Å². The van der Waals surface area contributed by atoms with Gasteiger partial charge in [0.25, 0.3) is 0 Å². The molecule has 0 saturated carbocycles. The highest BCUT2D eigenvalue weighted by Gasteiger charge is 2.15. The van der Waals surface area contributed by atoms with E-state index in [4.69, 9.17) is 0 Å². The van der Waals surface area contributed by atoms with E-state index >= 15 is 0 Å². The molecule has 0 aromatic heterocycles. The highest BCUT2D eigenvalue weighted by molar-refractivity contribution is 5.93. The summed E-state index contributed by atoms with van der Waals surface area (Å²) in [6.45, 7) is 1.74. The number of hydrogen-bond acceptors (Lipinski definition) is 2. The first kappa shape index (κ1) is 9.21. The van der Waals surface area contributed by atoms with E-state index in [2.05, 4.69) is 5.32 Å². The Morgan fingerprint density at radius 1 is 1.43 bits per heavy atom. The van der Waals surface area contributed by atoms with E-state index in [1.54, 1.807) is 6.92 Å². The summed E-state index contributed by atoms with van der Waals surface area (Å²) >= 11 is 0. The largest absolute Gasteiger partial charge is 0.389 e. The Labute approximate surface area is 82.8 Å². The molecule has 2 N–H and O–H groups in total. The van der Waals surface area contributed by atoms with Crippen LogP contribution in [0.5, 0.6) is 0 Å². The quantitative estimate of drug-likeness (QED) is 0.708. The third-order valence-corrected chi connectivity index (χ3v) is 2.51. The van der Waals surface area contributed by atoms with Gasteiger partial charge in [-0.25, -0.2) is 0 Å². The van der Waals surface area contributed by atoms with Gasteiger partial charge in [-0.15, -0.1) is 0 Å². The molecule has 1 amide bonds. The molecule has 1 heterocycles. The molecule has 1 aromatic rings. The van der Waals surface area contributed by atoms with Crippen LogP contribution in [0.2, 0.25) is 0 Å². The zero-order valence-corrected chi connectivity index (χ0v) is 8.08. The Balaban J connectivity index is 2.36. The Kier molecular flexibility index (Phi) is 2.25. The molecule has 1 atom stereocenters. The van der Waals surface area contributed by atoms with Gasteiger partial charge in [0.15, 0.2) is 0 Å². The van der Waals surface area contributed by atoms with Crippen molar-refractivity contribution < 1.29 is 9.90 Å². The van der Waals surface area contributed by atoms with Crippen molar-refractivity contribution in [2.24, 2.45) is 0 Å². The lowest BCUT2D eigenvalue weighted by molar-refractivity contribution is -0.116. The molecule has 0 unspecified atom stereocenters. The lowest BCUT2D eigenvalue weighted by Gasteiger charge is -2.18. The molecule has 1 aliphatic rings. The minimum Gasteiger partial charge on any atom is -0.389 e. The normalized spacial score (nSPS) is 17.1. The van der Waals surface area contributed by atoms with Gasteiger partial charge in [0.2, 0.25) is 5.91 Å². The van der Waals surface area contributed by atoms with Gasteiger partial charge in [-0.2, -0.15) is 0 Å². The fourth-order valence-corrected chi connectivity index (χ4v) is 1.66. The van der Waals surface area contributed by atoms with Crippen molar-refractivity contribution in [1.29, 1.82) is 0 Å². The molecule has 0 bridgehead atoms. The third-order valence-electron chi connectivity index (χ3n) is 2.51. The first-order valence-electron chi connectivity index (χ1n) is 4.77. The summed E-state index contributed by atoms with van der Waals surface area (Å²) in [5.41, 5.74) is 2.90. The number of aliphatic hydroxyl groups excluding tert-OH is 1. The molecular formula is C11H13NO2. The Morgan fingerprint density at radius 2 is 2.21 bits per heavy atom. The monoisotopic (exact) mass is 191 g/mol. The van der Waals surface area contributed by atoms with Crippen LogP contribution < -0.4 is 5.32 Å². The average molecular weight is 191 g/mol. The standard InChI is InChI=1S/C11H13NO2/c1-7(13)8-2-4-10-9(6-8)3-5-11(14)12-10/h2,4,6-7,13H,3,5H2,1H3,(H,12,14)/t7-/m1/s1. The minimum absolute atomic E-state index is 0.0716. The number of aliphatic hydroxyl groups is 1. The summed E-state index contributed by atoms with van der Waals surface area (Å²) in [7, 11) is 0. The molecule has 0 radical (unpaired) electrons. The Morgan fingerprint density at radius 3 is 2.93 bits per heavy atom. The van der Waals surface area contributed by atoms with Gasteiger partial charge in [-0.3, -0.25) is 4.79 Å². The molecule has 0 saturated heterocycles. The van der Waals surface area contributed by atoms with Gasteiger partial charge in [0.1, 0.15) is 0 Å². The van der Waals surface area contributed by atoms with Crippen LogP contribution in [0.25, 0.3) is 0 Å². The SMILES string of the molecule is C[C@@H](O)c1ccc2c(c1)CCC(=O)N2. The van der Waals surface area contributed by atoms with E-state index in [0.717, 1.165) is 23.2 Å². The van der Waals surface area contributed by atoms with Crippen molar-refractivity contribution in [3.8, 4) is 0 Å². The predicted octanol–water partition coefficient (Wildman–Crippen LogP) is 1.62. The molecule has 3 heteroatoms. The van der Waals surface area contributed by atoms with Crippen LogP contribution in [-0.4, -0.2) is 11.0 Å². The molecule has 2 rings (SSSR count). The Bertz CT molecular complexity index is 372. The number of benzene rings is 1. The second kappa shape index (κ2) is 3.42. The van der Waals surface area contributed by atoms with E-state index in [1.807, 2.05) is 18.2 Å². The van der Waals surface area contributed by atoms with Crippen molar-refractivity contribution in [3.05, 3.63) is 29.3 Å². The van der Waals surface area contributed by atoms with Crippen LogP contribution in [0.4, 0.5) is 5.69 Å². The molecule has 1 aromatic carbocycles. The Hall–Kier alpha value is -1.35. The molecule has 74 valence electrons. The van der Waals surface area contributed by atoms with Crippen LogP contribution in [0, 0.1) is 0 Å². The van der Waals surface area contributed by atoms with E-state index in [9.17, 15) is 9.90 Å². The van der Waals surface area contributed by atoms with Gasteiger partial charge < -0.3 is 10.4 Å². The number of anilines is 1. The number of aryl methyl sites for hydroxylation is 1. The summed E-state index contributed by atoms with van der Waals surface area (Å²) in [4.78, 5) is 11.1. The van der Waals surface area contributed by atoms with Crippen LogP contribution in [-0.2, 0) is 11.2 Å². The fourth-order valence-electron chi connectivity index (χ4n) is 1.66. The zero-order valence-electron chi connectivity index (χ0n) is 8.08. The zero-order chi connectivity index (χ0) is 10.1. The van der Waals surface area contributed by atoms with Gasteiger partial charge in [-0.05, 0) is 30.5 Å². The highest BCUT2D eigenvalue weighted by Crippen LogP contribution is 2.25. The maximum atomic E-state index is 11.1. The van der Waals surface area contributed by atoms with Crippen molar-refractivity contribution in [3.63, 3.8) is 0 Å². The number of fused-ring (bicyclic) bond motifs is 1. The average Bonchev–Trinajstić information content (AvgIpc) is 2.16. The van der Waals surface area contributed by atoms with E-state index in [-0.39, 0.29) is 5.91 Å². The second-order valence-electron chi connectivity index (χ2n) is 3.64. The lowest BCUT2D eigenvalue weighted by atomic mass is 9.99. The molecule has 0 fully saturated rings. The highest BCUT2D eigenvalue weighted by atomic mass is 16.3. The summed E-state index contributed by atoms with van der Waals surface area (Å²) in [5.74, 6) is 0.0716. The third kappa shape index (κ3) is 1.63. The van der Waals surface area contributed by atoms with Crippen molar-refractivity contribution in [2.75, 3.05) is 5.32 Å². The summed E-state index contributed by atoms with van der Waals surface area (Å²) in [6.07, 6.45) is 0.857. The fraction of sp³-hybridized carbons (Fsp3) is 0.364. The minimum atomic E-state index is -0.446. The summed E-state index contributed by atoms with van der Waals surface area (Å²) < 4.78 is 0. The number of amides is 1. The molecule has 1 aliphatic heterocycles. The lowest BCUT2D eigenvalue weighted by Crippen LogP contribution is -2.19. The number of rotatable bonds is 1. The maximum Gasteiger partial charge on any atom is 0.224 e. The van der Waals surface area contributed by atoms with Gasteiger partial charge >= 0.3 is 0 Å². The van der Waals surface area contributed by atoms with Gasteiger partial charge in [0.05, 0.1) is 6.10 Å². The molecule has 0 aliphatic carbocycles. The van der Waals surface area contributed by atoms with Crippen LogP contribution in [0.15, 0.2) is 18.2 Å². The van der Waals surface area contributed by atoms with E-state index in [0.29, 0.717) is 6.42 Å². The second-order valence-corrected chi connectivity index (χ2v) is 3.64. The first-order chi connectivity index (χ1) is 6.66. The number of carbonyl (C=O) groups is 1. The maximum absolute atomic E-state index is 11.1. The molecule has 0 spiro atoms. The summed E-state index contributed by atoms with van der Waals surface area (Å²) in [6, 6.07) is 5.66. The summed E-state index contributed by atoms with van der Waals surface area (Å²) in [5, 5.41) is 12.2. The first-order valence-corrected chi connectivity index (χ1v) is 4.77. The molecule has 3 nitrogen and oxygen atoms in total. The topological polar surface area (TPSA) is 49.3 Å². The van der Waals surface area contributed by atoms with Crippen molar-refractivity contribution >= 4 is 11.6 Å². The van der Waals surface area contributed by atoms with Crippen LogP contribution in [0.3, 0.4) is 0 Å². The smallest absolute Gasteiger partial charge is 0.224 e. The van der Waals surface area contributed by atoms with Gasteiger partial charge in [0, 0.05) is 12.1 Å². The molecular weight excluding hydrogens is 178 g/mol. The van der Waals surface area contributed by atoms with Crippen molar-refractivity contribution in [2.45, 2.75) is 25.9 Å². The van der Waals surface area contributed by atoms with Crippen molar-refractivity contribution in [1.82, 2.24) is 0 Å². The van der Waals surface area contributed by atoms with E-state index in [1.165, 1.54) is 0 Å². The van der Waals surface area contributed by atoms with E-state index < -0.39 is 6.10 Å². The van der Waals surface area contributed by atoms with Crippen LogP contribution >= 0.6 is 0 Å². The molecule has 14 heavy (non-hydrogen) atoms. The van der Waals surface area contributed by atoms with Crippen LogP contribution in [0.1, 0.15) is 30.6 Å².